The molecule has 1 rings (SSSR count). The van der Waals surface area contributed by atoms with Gasteiger partial charge < -0.3 is 10.6 Å². The topological polar surface area (TPSA) is 46.3 Å². The van der Waals surface area contributed by atoms with Crippen LogP contribution in [0.3, 0.4) is 0 Å². The molecule has 3 nitrogen and oxygen atoms in total. The summed E-state index contributed by atoms with van der Waals surface area (Å²) in [6.07, 6.45) is 1.94. The molecule has 4 heteroatoms. The smallest absolute Gasteiger partial charge is 0.227 e. The molecule has 2 N–H and O–H groups in total. The summed E-state index contributed by atoms with van der Waals surface area (Å²) in [6, 6.07) is 0.345. The first-order valence-corrected chi connectivity index (χ1v) is 7.28. The standard InChI is InChI=1S/C12H24N2OS/c1-4-5-11(8-13)12(15)14-6-7-16-10(3)9(14)2/h9-11H,4-8,13H2,1-3H3. The van der Waals surface area contributed by atoms with Crippen LogP contribution in [0.4, 0.5) is 0 Å². The van der Waals surface area contributed by atoms with E-state index in [4.69, 9.17) is 5.73 Å². The van der Waals surface area contributed by atoms with Crippen LogP contribution in [0.15, 0.2) is 0 Å². The van der Waals surface area contributed by atoms with Crippen molar-refractivity contribution in [1.82, 2.24) is 4.90 Å². The second-order valence-electron chi connectivity index (χ2n) is 4.57. The first-order valence-electron chi connectivity index (χ1n) is 6.24. The largest absolute Gasteiger partial charge is 0.338 e. The Balaban J connectivity index is 2.63. The molecule has 1 heterocycles. The summed E-state index contributed by atoms with van der Waals surface area (Å²) < 4.78 is 0. The summed E-state index contributed by atoms with van der Waals surface area (Å²) in [5.41, 5.74) is 5.69. The van der Waals surface area contributed by atoms with E-state index >= 15 is 0 Å². The Bertz CT molecular complexity index is 235. The van der Waals surface area contributed by atoms with E-state index < -0.39 is 0 Å². The van der Waals surface area contributed by atoms with Crippen molar-refractivity contribution in [2.45, 2.75) is 44.9 Å². The quantitative estimate of drug-likeness (QED) is 0.819. The van der Waals surface area contributed by atoms with Gasteiger partial charge in [-0.15, -0.1) is 0 Å². The van der Waals surface area contributed by atoms with Gasteiger partial charge in [0.2, 0.25) is 5.91 Å². The number of carbonyl (C=O) groups excluding carboxylic acids is 1. The van der Waals surface area contributed by atoms with Crippen molar-refractivity contribution < 1.29 is 4.79 Å². The molecule has 3 atom stereocenters. The molecule has 0 saturated carbocycles. The Kier molecular flexibility index (Phi) is 5.62. The molecule has 0 spiro atoms. The second-order valence-corrected chi connectivity index (χ2v) is 6.05. The van der Waals surface area contributed by atoms with Crippen molar-refractivity contribution in [2.75, 3.05) is 18.8 Å². The summed E-state index contributed by atoms with van der Waals surface area (Å²) in [6.45, 7) is 7.82. The van der Waals surface area contributed by atoms with Crippen LogP contribution in [0.25, 0.3) is 0 Å². The van der Waals surface area contributed by atoms with Crippen molar-refractivity contribution in [3.8, 4) is 0 Å². The molecular formula is C12H24N2OS. The van der Waals surface area contributed by atoms with Gasteiger partial charge in [-0.3, -0.25) is 4.79 Å². The van der Waals surface area contributed by atoms with Crippen molar-refractivity contribution >= 4 is 17.7 Å². The minimum absolute atomic E-state index is 0.0303. The molecule has 94 valence electrons. The number of nitrogens with two attached hydrogens (primary N) is 1. The van der Waals surface area contributed by atoms with Gasteiger partial charge in [0, 0.05) is 30.1 Å². The van der Waals surface area contributed by atoms with Crippen LogP contribution in [0, 0.1) is 5.92 Å². The van der Waals surface area contributed by atoms with Gasteiger partial charge in [0.1, 0.15) is 0 Å². The predicted molar refractivity (Wildman–Crippen MR) is 70.5 cm³/mol. The van der Waals surface area contributed by atoms with E-state index in [9.17, 15) is 4.79 Å². The zero-order valence-corrected chi connectivity index (χ0v) is 11.4. The molecule has 0 aromatic carbocycles. The zero-order chi connectivity index (χ0) is 12.1. The van der Waals surface area contributed by atoms with E-state index in [2.05, 4.69) is 20.8 Å². The molecule has 1 aliphatic rings. The van der Waals surface area contributed by atoms with E-state index in [1.165, 1.54) is 0 Å². The molecule has 1 fully saturated rings. The van der Waals surface area contributed by atoms with Crippen molar-refractivity contribution in [3.05, 3.63) is 0 Å². The minimum Gasteiger partial charge on any atom is -0.338 e. The van der Waals surface area contributed by atoms with Crippen LogP contribution < -0.4 is 5.73 Å². The fourth-order valence-corrected chi connectivity index (χ4v) is 3.27. The number of hydrogen-bond acceptors (Lipinski definition) is 3. The lowest BCUT2D eigenvalue weighted by molar-refractivity contribution is -0.137. The third-order valence-corrected chi connectivity index (χ3v) is 4.78. The number of thioether (sulfide) groups is 1. The SMILES string of the molecule is CCCC(CN)C(=O)N1CCSC(C)C1C. The van der Waals surface area contributed by atoms with E-state index in [1.54, 1.807) is 0 Å². The Morgan fingerprint density at radius 3 is 2.81 bits per heavy atom. The van der Waals surface area contributed by atoms with Gasteiger partial charge >= 0.3 is 0 Å². The molecule has 0 aromatic heterocycles. The molecular weight excluding hydrogens is 220 g/mol. The Morgan fingerprint density at radius 1 is 1.56 bits per heavy atom. The van der Waals surface area contributed by atoms with Crippen LogP contribution in [0.2, 0.25) is 0 Å². The van der Waals surface area contributed by atoms with Gasteiger partial charge in [-0.05, 0) is 13.3 Å². The van der Waals surface area contributed by atoms with Gasteiger partial charge in [0.25, 0.3) is 0 Å². The molecule has 0 aromatic rings. The summed E-state index contributed by atoms with van der Waals surface area (Å²) >= 11 is 1.95. The van der Waals surface area contributed by atoms with Gasteiger partial charge in [-0.25, -0.2) is 0 Å². The van der Waals surface area contributed by atoms with E-state index in [0.29, 0.717) is 17.8 Å². The number of rotatable bonds is 4. The molecule has 16 heavy (non-hydrogen) atoms. The fourth-order valence-electron chi connectivity index (χ4n) is 2.17. The van der Waals surface area contributed by atoms with Gasteiger partial charge in [0.15, 0.2) is 0 Å². The fraction of sp³-hybridized carbons (Fsp3) is 0.917. The van der Waals surface area contributed by atoms with Crippen LogP contribution in [0.5, 0.6) is 0 Å². The highest BCUT2D eigenvalue weighted by Crippen LogP contribution is 2.26. The lowest BCUT2D eigenvalue weighted by atomic mass is 10.0. The Labute approximate surface area is 103 Å². The lowest BCUT2D eigenvalue weighted by Crippen LogP contribution is -2.51. The van der Waals surface area contributed by atoms with Crippen LogP contribution in [-0.2, 0) is 4.79 Å². The molecule has 1 saturated heterocycles. The van der Waals surface area contributed by atoms with Crippen LogP contribution >= 0.6 is 11.8 Å². The van der Waals surface area contributed by atoms with Crippen molar-refractivity contribution in [2.24, 2.45) is 11.7 Å². The number of amides is 1. The first-order chi connectivity index (χ1) is 7.61. The molecule has 1 amide bonds. The van der Waals surface area contributed by atoms with E-state index in [0.717, 1.165) is 25.1 Å². The molecule has 0 bridgehead atoms. The monoisotopic (exact) mass is 244 g/mol. The normalized spacial score (nSPS) is 27.9. The molecule has 0 radical (unpaired) electrons. The predicted octanol–water partition coefficient (Wildman–Crippen LogP) is 1.71. The summed E-state index contributed by atoms with van der Waals surface area (Å²) in [5, 5.41) is 0.540. The first kappa shape index (κ1) is 13.8. The maximum Gasteiger partial charge on any atom is 0.227 e. The molecule has 1 aliphatic heterocycles. The maximum absolute atomic E-state index is 12.3. The van der Waals surface area contributed by atoms with Crippen LogP contribution in [-0.4, -0.2) is 40.9 Å². The zero-order valence-electron chi connectivity index (χ0n) is 10.6. The average Bonchev–Trinajstić information content (AvgIpc) is 2.29. The summed E-state index contributed by atoms with van der Waals surface area (Å²) in [4.78, 5) is 14.3. The maximum atomic E-state index is 12.3. The van der Waals surface area contributed by atoms with Gasteiger partial charge in [-0.2, -0.15) is 11.8 Å². The third kappa shape index (κ3) is 3.14. The molecule has 3 unspecified atom stereocenters. The highest BCUT2D eigenvalue weighted by molar-refractivity contribution is 8.00. The van der Waals surface area contributed by atoms with Gasteiger partial charge in [0.05, 0.1) is 5.92 Å². The summed E-state index contributed by atoms with van der Waals surface area (Å²) in [7, 11) is 0. The van der Waals surface area contributed by atoms with E-state index in [-0.39, 0.29) is 11.8 Å². The second kappa shape index (κ2) is 6.50. The van der Waals surface area contributed by atoms with Crippen molar-refractivity contribution in [3.63, 3.8) is 0 Å². The van der Waals surface area contributed by atoms with E-state index in [1.807, 2.05) is 16.7 Å². The highest BCUT2D eigenvalue weighted by Gasteiger charge is 2.31. The minimum atomic E-state index is 0.0303. The molecule has 0 aliphatic carbocycles. The third-order valence-electron chi connectivity index (χ3n) is 3.44. The Hall–Kier alpha value is -0.220. The van der Waals surface area contributed by atoms with Crippen molar-refractivity contribution in [1.29, 1.82) is 0 Å². The number of nitrogens with zero attached hydrogens (tertiary/aromatic N) is 1. The summed E-state index contributed by atoms with van der Waals surface area (Å²) in [5.74, 6) is 1.35. The van der Waals surface area contributed by atoms with Gasteiger partial charge in [-0.1, -0.05) is 20.3 Å². The number of hydrogen-bond donors (Lipinski definition) is 1. The highest BCUT2D eigenvalue weighted by atomic mass is 32.2. The lowest BCUT2D eigenvalue weighted by Gasteiger charge is -2.39. The van der Waals surface area contributed by atoms with Crippen LogP contribution in [0.1, 0.15) is 33.6 Å². The number of carbonyl (C=O) groups is 1. The average molecular weight is 244 g/mol. The Morgan fingerprint density at radius 2 is 2.25 bits per heavy atom.